The van der Waals surface area contributed by atoms with E-state index in [-0.39, 0.29) is 28.4 Å². The highest BCUT2D eigenvalue weighted by Crippen LogP contribution is 2.51. The van der Waals surface area contributed by atoms with Crippen molar-refractivity contribution < 1.29 is 0 Å². The lowest BCUT2D eigenvalue weighted by atomic mass is 9.36. The lowest BCUT2D eigenvalue weighted by molar-refractivity contribution is 0.569. The van der Waals surface area contributed by atoms with Crippen LogP contribution >= 0.6 is 11.3 Å². The zero-order valence-electron chi connectivity index (χ0n) is 41.8. The fourth-order valence-electron chi connectivity index (χ4n) is 11.3. The van der Waals surface area contributed by atoms with Crippen molar-refractivity contribution in [1.82, 2.24) is 0 Å². The van der Waals surface area contributed by atoms with E-state index in [0.717, 1.165) is 0 Å². The van der Waals surface area contributed by atoms with Crippen molar-refractivity contribution in [3.63, 3.8) is 0 Å². The smallest absolute Gasteiger partial charge is 0.264 e. The Labute approximate surface area is 407 Å². The number of fused-ring (bicyclic) bond motifs is 6. The maximum Gasteiger partial charge on any atom is 0.264 e. The highest BCUT2D eigenvalue weighted by atomic mass is 32.1. The van der Waals surface area contributed by atoms with Gasteiger partial charge >= 0.3 is 0 Å². The molecular weight excluding hydrogens is 840 g/mol. The third-order valence-electron chi connectivity index (χ3n) is 15.1. The molecule has 0 bridgehead atoms. The Morgan fingerprint density at radius 3 is 1.69 bits per heavy atom. The Hall–Kier alpha value is -6.36. The summed E-state index contributed by atoms with van der Waals surface area (Å²) < 4.78 is 2.74. The van der Waals surface area contributed by atoms with Crippen LogP contribution in [0, 0.1) is 0 Å². The first-order chi connectivity index (χ1) is 32.2. The quantitative estimate of drug-likeness (QED) is 0.129. The molecule has 4 heteroatoms. The molecule has 0 saturated heterocycles. The molecule has 2 aliphatic rings. The predicted molar refractivity (Wildman–Crippen MR) is 300 cm³/mol. The molecule has 0 atom stereocenters. The Morgan fingerprint density at radius 1 is 0.412 bits per heavy atom. The van der Waals surface area contributed by atoms with Crippen LogP contribution in [0.4, 0.5) is 34.1 Å². The Bertz CT molecular complexity index is 3660. The first-order valence-electron chi connectivity index (χ1n) is 24.6. The van der Waals surface area contributed by atoms with Crippen molar-refractivity contribution in [2.45, 2.75) is 105 Å². The van der Waals surface area contributed by atoms with Gasteiger partial charge in [-0.2, -0.15) is 0 Å². The summed E-state index contributed by atoms with van der Waals surface area (Å²) in [6.45, 7) is 28.4. The van der Waals surface area contributed by atoms with E-state index in [1.165, 1.54) is 126 Å². The molecule has 2 nitrogen and oxygen atoms in total. The van der Waals surface area contributed by atoms with Crippen molar-refractivity contribution >= 4 is 110 Å². The highest BCUT2D eigenvalue weighted by molar-refractivity contribution is 7.33. The second-order valence-corrected chi connectivity index (χ2v) is 25.0. The van der Waals surface area contributed by atoms with Crippen molar-refractivity contribution in [2.75, 3.05) is 9.80 Å². The van der Waals surface area contributed by atoms with Gasteiger partial charge in [0.15, 0.2) is 0 Å². The summed E-state index contributed by atoms with van der Waals surface area (Å²) in [6, 6.07) is 59.0. The molecule has 0 spiro atoms. The van der Waals surface area contributed by atoms with Gasteiger partial charge in [0.2, 0.25) is 0 Å². The molecule has 336 valence electrons. The van der Waals surface area contributed by atoms with Gasteiger partial charge in [-0.15, -0.1) is 11.3 Å². The molecule has 68 heavy (non-hydrogen) atoms. The lowest BCUT2D eigenvalue weighted by Crippen LogP contribution is -2.60. The summed E-state index contributed by atoms with van der Waals surface area (Å²) in [5.41, 5.74) is 17.9. The van der Waals surface area contributed by atoms with E-state index in [4.69, 9.17) is 0 Å². The molecule has 9 aromatic carbocycles. The molecular formula is C64H61BN2S. The third kappa shape index (κ3) is 6.57. The summed E-state index contributed by atoms with van der Waals surface area (Å²) in [5, 5.41) is 9.17. The van der Waals surface area contributed by atoms with Gasteiger partial charge in [-0.05, 0) is 153 Å². The molecule has 0 aliphatic carbocycles. The largest absolute Gasteiger partial charge is 0.311 e. The molecule has 0 unspecified atom stereocenters. The van der Waals surface area contributed by atoms with E-state index in [9.17, 15) is 0 Å². The minimum Gasteiger partial charge on any atom is -0.311 e. The lowest BCUT2D eigenvalue weighted by Gasteiger charge is -2.45. The van der Waals surface area contributed by atoms with Gasteiger partial charge in [-0.25, -0.2) is 0 Å². The minimum atomic E-state index is -0.128. The number of hydrogen-bond donors (Lipinski definition) is 0. The molecule has 0 saturated carbocycles. The van der Waals surface area contributed by atoms with Crippen molar-refractivity contribution in [3.8, 4) is 11.1 Å². The van der Waals surface area contributed by atoms with Gasteiger partial charge in [0, 0.05) is 43.3 Å². The maximum absolute atomic E-state index is 2.68. The third-order valence-corrected chi connectivity index (χ3v) is 16.4. The zero-order valence-corrected chi connectivity index (χ0v) is 42.6. The van der Waals surface area contributed by atoms with Crippen LogP contribution in [0.2, 0.25) is 0 Å². The van der Waals surface area contributed by atoms with Gasteiger partial charge in [-0.3, -0.25) is 0 Å². The molecule has 0 fully saturated rings. The topological polar surface area (TPSA) is 6.48 Å². The number of benzene rings is 9. The highest BCUT2D eigenvalue weighted by Gasteiger charge is 2.46. The molecule has 10 aromatic rings. The monoisotopic (exact) mass is 900 g/mol. The molecule has 12 rings (SSSR count). The molecule has 0 N–H and O–H groups in total. The SMILES string of the molecule is CC(C)(C)c1cc(N2c3cc(C(C)(C)C)cc4c3B(c3cc(C(C)(C)C)ccc3N4c3cccc(-c4cc5cccc6ccc7cccc4c7c65)c3)c3sc4ccccc4c32)cc(C(C)(C)C)c1. The first-order valence-corrected chi connectivity index (χ1v) is 25.4. The van der Waals surface area contributed by atoms with Crippen LogP contribution < -0.4 is 25.5 Å². The fourth-order valence-corrected chi connectivity index (χ4v) is 12.6. The second-order valence-electron chi connectivity index (χ2n) is 23.9. The summed E-state index contributed by atoms with van der Waals surface area (Å²) in [5.74, 6) is 0. The van der Waals surface area contributed by atoms with Crippen molar-refractivity contribution in [3.05, 3.63) is 174 Å². The van der Waals surface area contributed by atoms with Crippen molar-refractivity contribution in [1.29, 1.82) is 0 Å². The van der Waals surface area contributed by atoms with E-state index in [0.29, 0.717) is 0 Å². The predicted octanol–water partition coefficient (Wildman–Crippen LogP) is 16.7. The maximum atomic E-state index is 2.68. The van der Waals surface area contributed by atoms with Crippen LogP contribution in [-0.2, 0) is 21.7 Å². The Kier molecular flexibility index (Phi) is 9.21. The Morgan fingerprint density at radius 2 is 1.00 bits per heavy atom. The number of rotatable bonds is 3. The normalized spacial score (nSPS) is 14.1. The van der Waals surface area contributed by atoms with E-state index in [1.807, 2.05) is 11.3 Å². The minimum absolute atomic E-state index is 0.0347. The fraction of sp³-hybridized carbons (Fsp3) is 0.250. The van der Waals surface area contributed by atoms with Gasteiger partial charge in [0.05, 0.1) is 5.69 Å². The van der Waals surface area contributed by atoms with E-state index < -0.39 is 0 Å². The molecule has 3 heterocycles. The number of thiophene rings is 1. The summed E-state index contributed by atoms with van der Waals surface area (Å²) in [6.07, 6.45) is 0. The standard InChI is InChI=1S/C64H61BN2S/c1-61(2,3)42-28-29-52-51(35-42)65-58-53(66(52)46-22-16-20-40(30-46)50-31-41-21-15-18-38-26-27-39-19-17-24-48(50)57(39)56(38)41)36-45(64(10,11)12)37-54(58)67(59-49-23-13-14-25-55(49)68-60(59)65)47-33-43(62(4,5)6)32-44(34-47)63(7,8)9/h13-37H,1-12H3. The molecule has 1 aromatic heterocycles. The summed E-state index contributed by atoms with van der Waals surface area (Å²) >= 11 is 1.98. The van der Waals surface area contributed by atoms with Crippen LogP contribution in [0.15, 0.2) is 152 Å². The van der Waals surface area contributed by atoms with Gasteiger partial charge in [-0.1, -0.05) is 180 Å². The number of nitrogens with zero attached hydrogens (tertiary/aromatic N) is 2. The van der Waals surface area contributed by atoms with Gasteiger partial charge in [0.1, 0.15) is 0 Å². The molecule has 0 amide bonds. The van der Waals surface area contributed by atoms with Crippen molar-refractivity contribution in [2.24, 2.45) is 0 Å². The van der Waals surface area contributed by atoms with Crippen LogP contribution in [0.1, 0.15) is 105 Å². The number of anilines is 6. The summed E-state index contributed by atoms with van der Waals surface area (Å²) in [7, 11) is 0. The zero-order chi connectivity index (χ0) is 47.4. The second kappa shape index (κ2) is 14.6. The first kappa shape index (κ1) is 43.0. The summed E-state index contributed by atoms with van der Waals surface area (Å²) in [4.78, 5) is 5.30. The van der Waals surface area contributed by atoms with E-state index >= 15 is 0 Å². The van der Waals surface area contributed by atoms with E-state index in [2.05, 4.69) is 245 Å². The Balaban J connectivity index is 1.18. The molecule has 0 radical (unpaired) electrons. The average Bonchev–Trinajstić information content (AvgIpc) is 3.68. The average molecular weight is 901 g/mol. The van der Waals surface area contributed by atoms with Crippen LogP contribution in [0.25, 0.3) is 53.5 Å². The van der Waals surface area contributed by atoms with Crippen LogP contribution in [-0.4, -0.2) is 6.71 Å². The van der Waals surface area contributed by atoms with Gasteiger partial charge in [0.25, 0.3) is 6.71 Å². The number of hydrogen-bond acceptors (Lipinski definition) is 3. The van der Waals surface area contributed by atoms with Crippen LogP contribution in [0.3, 0.4) is 0 Å². The van der Waals surface area contributed by atoms with E-state index in [1.54, 1.807) is 0 Å². The van der Waals surface area contributed by atoms with Gasteiger partial charge < -0.3 is 9.80 Å². The van der Waals surface area contributed by atoms with Crippen LogP contribution in [0.5, 0.6) is 0 Å². The molecule has 2 aliphatic heterocycles.